The average Bonchev–Trinajstić information content (AvgIpc) is 2.04. The number of rotatable bonds is 6. The van der Waals surface area contributed by atoms with E-state index < -0.39 is 0 Å². The first-order chi connectivity index (χ1) is 5.62. The first-order valence-corrected chi connectivity index (χ1v) is 3.91. The molecule has 0 aliphatic heterocycles. The van der Waals surface area contributed by atoms with E-state index in [2.05, 4.69) is 10.0 Å². The summed E-state index contributed by atoms with van der Waals surface area (Å²) >= 11 is 0. The van der Waals surface area contributed by atoms with Gasteiger partial charge in [0.25, 0.3) is 0 Å². The lowest BCUT2D eigenvalue weighted by molar-refractivity contribution is 0.0716. The molecule has 0 aliphatic carbocycles. The first kappa shape index (κ1) is 11.2. The highest BCUT2D eigenvalue weighted by Gasteiger charge is 2.14. The molecule has 0 spiro atoms. The number of ether oxygens (including phenoxy) is 1. The molecular formula is C7H16N4O. The number of azide groups is 1. The fraction of sp³-hybridized carbons (Fsp3) is 1.00. The topological polar surface area (TPSA) is 84.0 Å². The van der Waals surface area contributed by atoms with Crippen molar-refractivity contribution < 1.29 is 4.74 Å². The van der Waals surface area contributed by atoms with Gasteiger partial charge in [-0.3, -0.25) is 0 Å². The van der Waals surface area contributed by atoms with Crippen molar-refractivity contribution in [2.75, 3.05) is 26.3 Å². The molecule has 0 atom stereocenters. The minimum Gasteiger partial charge on any atom is -0.381 e. The monoisotopic (exact) mass is 172 g/mol. The molecule has 0 saturated carbocycles. The predicted molar refractivity (Wildman–Crippen MR) is 47.7 cm³/mol. The molecule has 12 heavy (non-hydrogen) atoms. The van der Waals surface area contributed by atoms with E-state index in [1.165, 1.54) is 0 Å². The fourth-order valence-corrected chi connectivity index (χ4v) is 0.557. The maximum Gasteiger partial charge on any atom is 0.0529 e. The molecule has 0 aromatic carbocycles. The van der Waals surface area contributed by atoms with Gasteiger partial charge in [0, 0.05) is 16.9 Å². The summed E-state index contributed by atoms with van der Waals surface area (Å²) in [4.78, 5) is 2.61. The first-order valence-electron chi connectivity index (χ1n) is 3.91. The smallest absolute Gasteiger partial charge is 0.0529 e. The van der Waals surface area contributed by atoms with Crippen LogP contribution in [-0.2, 0) is 4.74 Å². The Morgan fingerprint density at radius 3 is 2.75 bits per heavy atom. The Hall–Kier alpha value is -0.770. The molecule has 0 aromatic heterocycles. The number of hydrogen-bond donors (Lipinski definition) is 1. The standard InChI is InChI=1S/C7H16N4O/c1-7(2,5-8)6-12-4-3-10-11-9/h3-6,8H2,1-2H3. The summed E-state index contributed by atoms with van der Waals surface area (Å²) in [6.45, 7) is 6.10. The zero-order chi connectivity index (χ0) is 9.45. The Kier molecular flexibility index (Phi) is 5.45. The molecule has 0 unspecified atom stereocenters. The highest BCUT2D eigenvalue weighted by Crippen LogP contribution is 2.11. The molecule has 0 rings (SSSR count). The third-order valence-corrected chi connectivity index (χ3v) is 1.44. The van der Waals surface area contributed by atoms with E-state index in [-0.39, 0.29) is 5.41 Å². The zero-order valence-corrected chi connectivity index (χ0v) is 7.66. The van der Waals surface area contributed by atoms with Gasteiger partial charge in [0.1, 0.15) is 0 Å². The van der Waals surface area contributed by atoms with Crippen LogP contribution >= 0.6 is 0 Å². The largest absolute Gasteiger partial charge is 0.381 e. The van der Waals surface area contributed by atoms with Gasteiger partial charge < -0.3 is 10.5 Å². The van der Waals surface area contributed by atoms with E-state index >= 15 is 0 Å². The van der Waals surface area contributed by atoms with Gasteiger partial charge in [-0.15, -0.1) is 0 Å². The molecule has 0 heterocycles. The second kappa shape index (κ2) is 5.83. The molecule has 5 nitrogen and oxygen atoms in total. The van der Waals surface area contributed by atoms with Gasteiger partial charge in [-0.1, -0.05) is 19.0 Å². The SMILES string of the molecule is CC(C)(CN)COCCN=[N+]=[N-]. The van der Waals surface area contributed by atoms with Gasteiger partial charge in [0.05, 0.1) is 13.2 Å². The van der Waals surface area contributed by atoms with Crippen molar-refractivity contribution >= 4 is 0 Å². The average molecular weight is 172 g/mol. The summed E-state index contributed by atoms with van der Waals surface area (Å²) in [5.74, 6) is 0. The summed E-state index contributed by atoms with van der Waals surface area (Å²) in [6, 6.07) is 0. The number of nitrogens with zero attached hydrogens (tertiary/aromatic N) is 3. The summed E-state index contributed by atoms with van der Waals surface area (Å²) in [5.41, 5.74) is 13.4. The summed E-state index contributed by atoms with van der Waals surface area (Å²) in [5, 5.41) is 3.34. The maximum absolute atomic E-state index is 7.95. The third-order valence-electron chi connectivity index (χ3n) is 1.44. The van der Waals surface area contributed by atoms with Crippen LogP contribution in [0.5, 0.6) is 0 Å². The van der Waals surface area contributed by atoms with E-state index in [1.807, 2.05) is 13.8 Å². The Labute approximate surface area is 72.5 Å². The molecule has 0 aliphatic rings. The molecule has 0 fully saturated rings. The minimum atomic E-state index is 0.0103. The van der Waals surface area contributed by atoms with Crippen molar-refractivity contribution in [3.63, 3.8) is 0 Å². The molecule has 2 N–H and O–H groups in total. The van der Waals surface area contributed by atoms with Crippen LogP contribution in [0.2, 0.25) is 0 Å². The van der Waals surface area contributed by atoms with Crippen molar-refractivity contribution in [2.24, 2.45) is 16.3 Å². The van der Waals surface area contributed by atoms with Gasteiger partial charge in [-0.05, 0) is 12.1 Å². The van der Waals surface area contributed by atoms with E-state index in [9.17, 15) is 0 Å². The lowest BCUT2D eigenvalue weighted by atomic mass is 9.95. The summed E-state index contributed by atoms with van der Waals surface area (Å²) in [7, 11) is 0. The van der Waals surface area contributed by atoms with E-state index in [4.69, 9.17) is 16.0 Å². The van der Waals surface area contributed by atoms with Gasteiger partial charge in [0.2, 0.25) is 0 Å². The molecule has 0 saturated heterocycles. The molecule has 0 bridgehead atoms. The normalized spacial score (nSPS) is 10.9. The quantitative estimate of drug-likeness (QED) is 0.283. The maximum atomic E-state index is 7.95. The van der Waals surface area contributed by atoms with E-state index in [0.29, 0.717) is 26.3 Å². The second-order valence-electron chi connectivity index (χ2n) is 3.38. The van der Waals surface area contributed by atoms with Crippen LogP contribution < -0.4 is 5.73 Å². The highest BCUT2D eigenvalue weighted by atomic mass is 16.5. The van der Waals surface area contributed by atoms with Gasteiger partial charge in [-0.25, -0.2) is 0 Å². The predicted octanol–water partition coefficient (Wildman–Crippen LogP) is 1.30. The Morgan fingerprint density at radius 1 is 1.58 bits per heavy atom. The van der Waals surface area contributed by atoms with Crippen LogP contribution in [0.3, 0.4) is 0 Å². The van der Waals surface area contributed by atoms with Crippen LogP contribution in [0.25, 0.3) is 10.4 Å². The lowest BCUT2D eigenvalue weighted by Crippen LogP contribution is -2.29. The molecule has 70 valence electrons. The second-order valence-corrected chi connectivity index (χ2v) is 3.38. The number of nitrogens with two attached hydrogens (primary N) is 1. The Balaban J connectivity index is 3.36. The Bertz CT molecular complexity index is 163. The molecule has 0 radical (unpaired) electrons. The lowest BCUT2D eigenvalue weighted by Gasteiger charge is -2.21. The van der Waals surface area contributed by atoms with Crippen LogP contribution in [0.15, 0.2) is 5.11 Å². The van der Waals surface area contributed by atoms with Gasteiger partial charge in [0.15, 0.2) is 0 Å². The summed E-state index contributed by atoms with van der Waals surface area (Å²) in [6.07, 6.45) is 0. The van der Waals surface area contributed by atoms with Crippen molar-refractivity contribution in [2.45, 2.75) is 13.8 Å². The van der Waals surface area contributed by atoms with E-state index in [1.54, 1.807) is 0 Å². The van der Waals surface area contributed by atoms with Crippen molar-refractivity contribution in [3.8, 4) is 0 Å². The number of hydrogen-bond acceptors (Lipinski definition) is 3. The highest BCUT2D eigenvalue weighted by molar-refractivity contribution is 4.67. The van der Waals surface area contributed by atoms with Crippen molar-refractivity contribution in [3.05, 3.63) is 10.4 Å². The summed E-state index contributed by atoms with van der Waals surface area (Å²) < 4.78 is 5.25. The van der Waals surface area contributed by atoms with Crippen LogP contribution in [-0.4, -0.2) is 26.3 Å². The van der Waals surface area contributed by atoms with Gasteiger partial charge >= 0.3 is 0 Å². The van der Waals surface area contributed by atoms with Gasteiger partial charge in [-0.2, -0.15) is 0 Å². The zero-order valence-electron chi connectivity index (χ0n) is 7.66. The molecular weight excluding hydrogens is 156 g/mol. The van der Waals surface area contributed by atoms with Crippen LogP contribution in [0, 0.1) is 5.41 Å². The Morgan fingerprint density at radius 2 is 2.25 bits per heavy atom. The third kappa shape index (κ3) is 5.97. The minimum absolute atomic E-state index is 0.0103. The van der Waals surface area contributed by atoms with E-state index in [0.717, 1.165) is 0 Å². The van der Waals surface area contributed by atoms with Crippen LogP contribution in [0.1, 0.15) is 13.8 Å². The molecule has 0 aromatic rings. The van der Waals surface area contributed by atoms with Crippen LogP contribution in [0.4, 0.5) is 0 Å². The van der Waals surface area contributed by atoms with Crippen molar-refractivity contribution in [1.82, 2.24) is 0 Å². The molecule has 0 amide bonds. The fourth-order valence-electron chi connectivity index (χ4n) is 0.557. The van der Waals surface area contributed by atoms with Crippen molar-refractivity contribution in [1.29, 1.82) is 0 Å². The molecule has 5 heteroatoms.